The molecule has 0 fully saturated rings. The van der Waals surface area contributed by atoms with Gasteiger partial charge in [-0.2, -0.15) is 0 Å². The highest BCUT2D eigenvalue weighted by Crippen LogP contribution is 2.21. The van der Waals surface area contributed by atoms with Crippen LogP contribution in [0.2, 0.25) is 0 Å². The summed E-state index contributed by atoms with van der Waals surface area (Å²) >= 11 is 0. The highest BCUT2D eigenvalue weighted by atomic mass is 16.8. The number of ether oxygens (including phenoxy) is 2. The molecule has 0 bridgehead atoms. The fourth-order valence-corrected chi connectivity index (χ4v) is 1.76. The molecule has 0 aliphatic carbocycles. The number of anilines is 1. The normalized spacial score (nSPS) is 9.81. The summed E-state index contributed by atoms with van der Waals surface area (Å²) in [6.07, 6.45) is -0.786. The van der Waals surface area contributed by atoms with E-state index in [0.29, 0.717) is 23.7 Å². The van der Waals surface area contributed by atoms with Crippen molar-refractivity contribution in [3.05, 3.63) is 54.6 Å². The standard InChI is InChI=1S/C16H17NO4/c1-3-17(13-8-7-11-15(12-13)19-2)21-16(18)20-14-9-5-4-6-10-14/h4-12H,3H2,1-2H3. The summed E-state index contributed by atoms with van der Waals surface area (Å²) < 4.78 is 10.2. The van der Waals surface area contributed by atoms with Gasteiger partial charge < -0.3 is 14.3 Å². The molecule has 2 aromatic carbocycles. The molecule has 0 aliphatic rings. The third-order valence-corrected chi connectivity index (χ3v) is 2.76. The van der Waals surface area contributed by atoms with Crippen LogP contribution >= 0.6 is 0 Å². The van der Waals surface area contributed by atoms with Crippen molar-refractivity contribution in [2.24, 2.45) is 0 Å². The lowest BCUT2D eigenvalue weighted by Gasteiger charge is -2.21. The Balaban J connectivity index is 2.03. The highest BCUT2D eigenvalue weighted by Gasteiger charge is 2.14. The van der Waals surface area contributed by atoms with Crippen molar-refractivity contribution in [1.82, 2.24) is 0 Å². The first-order valence-electron chi connectivity index (χ1n) is 6.59. The average Bonchev–Trinajstić information content (AvgIpc) is 2.53. The average molecular weight is 287 g/mol. The topological polar surface area (TPSA) is 48.0 Å². The van der Waals surface area contributed by atoms with Gasteiger partial charge in [-0.3, -0.25) is 0 Å². The molecule has 0 radical (unpaired) electrons. The van der Waals surface area contributed by atoms with Crippen molar-refractivity contribution in [3.8, 4) is 11.5 Å². The molecule has 0 atom stereocenters. The van der Waals surface area contributed by atoms with Crippen LogP contribution in [-0.2, 0) is 4.84 Å². The lowest BCUT2D eigenvalue weighted by atomic mass is 10.3. The van der Waals surface area contributed by atoms with Gasteiger partial charge in [-0.1, -0.05) is 24.3 Å². The largest absolute Gasteiger partial charge is 0.539 e. The maximum atomic E-state index is 11.8. The van der Waals surface area contributed by atoms with E-state index in [1.165, 1.54) is 5.06 Å². The van der Waals surface area contributed by atoms with Crippen LogP contribution in [0.25, 0.3) is 0 Å². The smallest absolute Gasteiger partial charge is 0.497 e. The molecule has 0 aliphatic heterocycles. The van der Waals surface area contributed by atoms with Crippen LogP contribution < -0.4 is 14.5 Å². The van der Waals surface area contributed by atoms with E-state index >= 15 is 0 Å². The molecule has 21 heavy (non-hydrogen) atoms. The second-order valence-electron chi connectivity index (χ2n) is 4.15. The molecule has 0 amide bonds. The van der Waals surface area contributed by atoms with Crippen molar-refractivity contribution in [2.45, 2.75) is 6.92 Å². The van der Waals surface area contributed by atoms with E-state index in [1.807, 2.05) is 31.2 Å². The molecule has 0 N–H and O–H groups in total. The van der Waals surface area contributed by atoms with Crippen molar-refractivity contribution in [1.29, 1.82) is 0 Å². The van der Waals surface area contributed by atoms with Crippen molar-refractivity contribution in [3.63, 3.8) is 0 Å². The third kappa shape index (κ3) is 4.14. The minimum atomic E-state index is -0.786. The van der Waals surface area contributed by atoms with Gasteiger partial charge in [-0.05, 0) is 31.2 Å². The van der Waals surface area contributed by atoms with Gasteiger partial charge in [0.25, 0.3) is 0 Å². The van der Waals surface area contributed by atoms with Crippen molar-refractivity contribution >= 4 is 11.8 Å². The summed E-state index contributed by atoms with van der Waals surface area (Å²) in [5.74, 6) is 1.12. The van der Waals surface area contributed by atoms with Gasteiger partial charge in [0.15, 0.2) is 0 Å². The summed E-state index contributed by atoms with van der Waals surface area (Å²) in [5.41, 5.74) is 0.710. The van der Waals surface area contributed by atoms with Gasteiger partial charge in [0, 0.05) is 6.07 Å². The van der Waals surface area contributed by atoms with E-state index < -0.39 is 6.16 Å². The fourth-order valence-electron chi connectivity index (χ4n) is 1.76. The molecular weight excluding hydrogens is 270 g/mol. The second-order valence-corrected chi connectivity index (χ2v) is 4.15. The maximum Gasteiger partial charge on any atom is 0.539 e. The zero-order valence-electron chi connectivity index (χ0n) is 12.0. The van der Waals surface area contributed by atoms with Gasteiger partial charge >= 0.3 is 6.16 Å². The summed E-state index contributed by atoms with van der Waals surface area (Å²) in [6.45, 7) is 2.35. The highest BCUT2D eigenvalue weighted by molar-refractivity contribution is 5.66. The van der Waals surface area contributed by atoms with Gasteiger partial charge in [0.2, 0.25) is 0 Å². The van der Waals surface area contributed by atoms with Crippen LogP contribution in [0.5, 0.6) is 11.5 Å². The molecule has 5 heteroatoms. The number of nitrogens with zero attached hydrogens (tertiary/aromatic N) is 1. The number of methoxy groups -OCH3 is 1. The van der Waals surface area contributed by atoms with Crippen LogP contribution in [0.1, 0.15) is 6.92 Å². The molecule has 2 aromatic rings. The van der Waals surface area contributed by atoms with E-state index in [1.54, 1.807) is 37.4 Å². The lowest BCUT2D eigenvalue weighted by Crippen LogP contribution is -2.28. The molecule has 0 aromatic heterocycles. The summed E-state index contributed by atoms with van der Waals surface area (Å²) in [6, 6.07) is 16.0. The van der Waals surface area contributed by atoms with E-state index in [4.69, 9.17) is 14.3 Å². The van der Waals surface area contributed by atoms with Crippen LogP contribution in [0.3, 0.4) is 0 Å². The Morgan fingerprint density at radius 2 is 1.76 bits per heavy atom. The van der Waals surface area contributed by atoms with Gasteiger partial charge in [0.1, 0.15) is 11.5 Å². The number of carbonyl (C=O) groups is 1. The number of benzene rings is 2. The Bertz CT molecular complexity index is 586. The molecule has 0 saturated heterocycles. The maximum absolute atomic E-state index is 11.8. The predicted molar refractivity (Wildman–Crippen MR) is 79.6 cm³/mol. The Hall–Kier alpha value is -2.69. The molecule has 2 rings (SSSR count). The molecule has 0 unspecified atom stereocenters. The SMILES string of the molecule is CCN(OC(=O)Oc1ccccc1)c1cccc(OC)c1. The Morgan fingerprint density at radius 3 is 2.43 bits per heavy atom. The van der Waals surface area contributed by atoms with Crippen LogP contribution in [0, 0.1) is 0 Å². The molecule has 0 saturated carbocycles. The predicted octanol–water partition coefficient (Wildman–Crippen LogP) is 3.65. The Morgan fingerprint density at radius 1 is 1.05 bits per heavy atom. The first-order chi connectivity index (χ1) is 10.2. The number of carbonyl (C=O) groups excluding carboxylic acids is 1. The summed E-state index contributed by atoms with van der Waals surface area (Å²) in [4.78, 5) is 17.0. The fraction of sp³-hybridized carbons (Fsp3) is 0.188. The first kappa shape index (κ1) is 14.7. The van der Waals surface area contributed by atoms with Gasteiger partial charge in [-0.15, -0.1) is 0 Å². The summed E-state index contributed by atoms with van der Waals surface area (Å²) in [5, 5.41) is 1.44. The Kier molecular flexibility index (Phi) is 5.04. The van der Waals surface area contributed by atoms with Gasteiger partial charge in [-0.25, -0.2) is 9.86 Å². The molecular formula is C16H17NO4. The molecule has 5 nitrogen and oxygen atoms in total. The minimum Gasteiger partial charge on any atom is -0.497 e. The van der Waals surface area contributed by atoms with Crippen LogP contribution in [-0.4, -0.2) is 19.8 Å². The number of hydrogen-bond donors (Lipinski definition) is 0. The number of hydroxylamine groups is 1. The zero-order chi connectivity index (χ0) is 15.1. The minimum absolute atomic E-state index is 0.434. The lowest BCUT2D eigenvalue weighted by molar-refractivity contribution is 0.0886. The van der Waals surface area contributed by atoms with Crippen LogP contribution in [0.4, 0.5) is 10.5 Å². The molecule has 0 heterocycles. The van der Waals surface area contributed by atoms with Crippen molar-refractivity contribution < 1.29 is 19.1 Å². The van der Waals surface area contributed by atoms with Crippen LogP contribution in [0.15, 0.2) is 54.6 Å². The van der Waals surface area contributed by atoms with E-state index in [9.17, 15) is 4.79 Å². The zero-order valence-corrected chi connectivity index (χ0v) is 12.0. The van der Waals surface area contributed by atoms with Crippen molar-refractivity contribution in [2.75, 3.05) is 18.7 Å². The number of hydrogen-bond acceptors (Lipinski definition) is 5. The summed E-state index contributed by atoms with van der Waals surface area (Å²) in [7, 11) is 1.58. The number of rotatable bonds is 5. The number of para-hydroxylation sites is 1. The third-order valence-electron chi connectivity index (χ3n) is 2.76. The van der Waals surface area contributed by atoms with E-state index in [0.717, 1.165) is 0 Å². The Labute approximate surface area is 123 Å². The van der Waals surface area contributed by atoms with Gasteiger partial charge in [0.05, 0.1) is 19.3 Å². The second kappa shape index (κ2) is 7.19. The van der Waals surface area contributed by atoms with E-state index in [2.05, 4.69) is 0 Å². The quantitative estimate of drug-likeness (QED) is 0.477. The van der Waals surface area contributed by atoms with E-state index in [-0.39, 0.29) is 0 Å². The monoisotopic (exact) mass is 287 g/mol. The molecule has 110 valence electrons. The first-order valence-corrected chi connectivity index (χ1v) is 6.59. The molecule has 0 spiro atoms.